The number of amides is 1. The number of Topliss-reactive ketones (excluding diaryl/α,β-unsaturated/α-hetero) is 1. The first-order valence-corrected chi connectivity index (χ1v) is 11.1. The second kappa shape index (κ2) is 12.1. The Labute approximate surface area is 205 Å². The second-order valence-electron chi connectivity index (χ2n) is 9.08. The highest BCUT2D eigenvalue weighted by Crippen LogP contribution is 2.20. The first-order valence-electron chi connectivity index (χ1n) is 11.1. The van der Waals surface area contributed by atoms with Crippen LogP contribution in [0.15, 0.2) is 35.7 Å². The molecule has 0 aliphatic heterocycles. The van der Waals surface area contributed by atoms with Crippen molar-refractivity contribution in [1.29, 1.82) is 5.41 Å². The molecule has 0 aliphatic carbocycles. The van der Waals surface area contributed by atoms with Crippen molar-refractivity contribution in [1.82, 2.24) is 9.97 Å². The average molecular weight is 483 g/mol. The van der Waals surface area contributed by atoms with Gasteiger partial charge in [-0.1, -0.05) is 20.8 Å². The van der Waals surface area contributed by atoms with Crippen LogP contribution in [-0.2, 0) is 9.53 Å². The third-order valence-electron chi connectivity index (χ3n) is 5.09. The Kier molecular flexibility index (Phi) is 9.55. The Morgan fingerprint density at radius 3 is 2.57 bits per heavy atom. The predicted molar refractivity (Wildman–Crippen MR) is 137 cm³/mol. The largest absolute Gasteiger partial charge is 0.387 e. The van der Waals surface area contributed by atoms with E-state index in [4.69, 9.17) is 21.7 Å². The van der Waals surface area contributed by atoms with Gasteiger partial charge in [0.1, 0.15) is 11.6 Å². The van der Waals surface area contributed by atoms with Crippen LogP contribution in [0.1, 0.15) is 48.8 Å². The van der Waals surface area contributed by atoms with Crippen LogP contribution in [0.5, 0.6) is 0 Å². The van der Waals surface area contributed by atoms with Crippen molar-refractivity contribution in [2.24, 2.45) is 22.0 Å². The van der Waals surface area contributed by atoms with Crippen LogP contribution in [-0.4, -0.2) is 60.0 Å². The lowest BCUT2D eigenvalue weighted by Gasteiger charge is -2.21. The van der Waals surface area contributed by atoms with Crippen molar-refractivity contribution in [3.63, 3.8) is 0 Å². The van der Waals surface area contributed by atoms with E-state index in [1.165, 1.54) is 11.2 Å². The Morgan fingerprint density at radius 2 is 1.91 bits per heavy atom. The standard InChI is InChI=1S/C24H34N8O3/c1-15-20(9-17(12-30-15)23(34)31-22(26)10-21(33)24(2,3)4)32(27)14-19(25)16-8-18(13-28-11-16)29-6-7-35-5/h8-9,11-13,25,29H,6-7,10,14,27H2,1-5H3,(H2,26,31,34). The zero-order valence-corrected chi connectivity index (χ0v) is 20.9. The SMILES string of the molecule is COCCNc1cncc(C(=N)CN(N)c2cc(C(=O)N=C(N)CC(=O)C(C)(C)C)cnc2C)c1. The molecule has 0 unspecified atom stereocenters. The minimum Gasteiger partial charge on any atom is -0.387 e. The number of nitrogens with two attached hydrogens (primary N) is 2. The number of ketones is 1. The van der Waals surface area contributed by atoms with E-state index in [2.05, 4.69) is 20.3 Å². The third kappa shape index (κ3) is 8.23. The predicted octanol–water partition coefficient (Wildman–Crippen LogP) is 2.09. The van der Waals surface area contributed by atoms with E-state index in [0.29, 0.717) is 30.1 Å². The molecular weight excluding hydrogens is 448 g/mol. The van der Waals surface area contributed by atoms with Crippen LogP contribution >= 0.6 is 0 Å². The lowest BCUT2D eigenvalue weighted by atomic mass is 9.89. The molecule has 0 saturated heterocycles. The summed E-state index contributed by atoms with van der Waals surface area (Å²) in [5.74, 6) is 5.44. The number of amidine groups is 1. The van der Waals surface area contributed by atoms with Gasteiger partial charge in [0.15, 0.2) is 0 Å². The van der Waals surface area contributed by atoms with Crippen molar-refractivity contribution >= 4 is 34.6 Å². The highest BCUT2D eigenvalue weighted by atomic mass is 16.5. The van der Waals surface area contributed by atoms with Crippen LogP contribution < -0.4 is 21.9 Å². The fourth-order valence-corrected chi connectivity index (χ4v) is 2.94. The number of ether oxygens (including phenoxy) is 1. The smallest absolute Gasteiger partial charge is 0.280 e. The average Bonchev–Trinajstić information content (AvgIpc) is 2.78. The fraction of sp³-hybridized carbons (Fsp3) is 0.417. The van der Waals surface area contributed by atoms with Gasteiger partial charge in [0.25, 0.3) is 5.91 Å². The number of hydrogen-bond acceptors (Lipinski definition) is 9. The Hall–Kier alpha value is -3.70. The highest BCUT2D eigenvalue weighted by molar-refractivity contribution is 6.09. The van der Waals surface area contributed by atoms with Gasteiger partial charge in [-0.05, 0) is 19.1 Å². The molecule has 1 amide bonds. The van der Waals surface area contributed by atoms with E-state index in [0.717, 1.165) is 5.69 Å². The van der Waals surface area contributed by atoms with Crippen molar-refractivity contribution in [3.05, 3.63) is 47.5 Å². The number of nitrogens with one attached hydrogen (secondary N) is 2. The molecule has 2 aromatic rings. The number of nitrogens with zero attached hydrogens (tertiary/aromatic N) is 4. The van der Waals surface area contributed by atoms with Crippen molar-refractivity contribution < 1.29 is 14.3 Å². The lowest BCUT2D eigenvalue weighted by Crippen LogP contribution is -2.37. The van der Waals surface area contributed by atoms with Gasteiger partial charge in [-0.15, -0.1) is 0 Å². The van der Waals surface area contributed by atoms with Crippen LogP contribution in [0, 0.1) is 17.7 Å². The fourth-order valence-electron chi connectivity index (χ4n) is 2.94. The summed E-state index contributed by atoms with van der Waals surface area (Å²) in [4.78, 5) is 37.0. The summed E-state index contributed by atoms with van der Waals surface area (Å²) in [6, 6.07) is 3.35. The van der Waals surface area contributed by atoms with Gasteiger partial charge < -0.3 is 26.2 Å². The van der Waals surface area contributed by atoms with E-state index in [9.17, 15) is 9.59 Å². The number of aryl methyl sites for hydroxylation is 1. The molecule has 0 radical (unpaired) electrons. The summed E-state index contributed by atoms with van der Waals surface area (Å²) in [7, 11) is 1.62. The molecule has 0 aliphatic rings. The number of carbonyl (C=O) groups excluding carboxylic acids is 2. The van der Waals surface area contributed by atoms with Crippen LogP contribution in [0.25, 0.3) is 0 Å². The van der Waals surface area contributed by atoms with E-state index in [1.54, 1.807) is 59.3 Å². The minimum atomic E-state index is -0.625. The van der Waals surface area contributed by atoms with E-state index < -0.39 is 11.3 Å². The monoisotopic (exact) mass is 482 g/mol. The first-order chi connectivity index (χ1) is 16.4. The summed E-state index contributed by atoms with van der Waals surface area (Å²) in [6.45, 7) is 8.28. The lowest BCUT2D eigenvalue weighted by molar-refractivity contribution is -0.125. The molecule has 0 saturated carbocycles. The number of carbonyl (C=O) groups is 2. The Morgan fingerprint density at radius 1 is 1.20 bits per heavy atom. The van der Waals surface area contributed by atoms with Crippen molar-refractivity contribution in [3.8, 4) is 0 Å². The molecule has 0 spiro atoms. The number of hydrogen-bond donors (Lipinski definition) is 4. The minimum absolute atomic E-state index is 0.0505. The number of methoxy groups -OCH3 is 1. The number of hydrazine groups is 1. The molecule has 188 valence electrons. The van der Waals surface area contributed by atoms with E-state index >= 15 is 0 Å². The molecule has 2 rings (SSSR count). The summed E-state index contributed by atoms with van der Waals surface area (Å²) in [5, 5.41) is 13.0. The number of aromatic nitrogens is 2. The summed E-state index contributed by atoms with van der Waals surface area (Å²) < 4.78 is 5.02. The van der Waals surface area contributed by atoms with Gasteiger partial charge >= 0.3 is 0 Å². The van der Waals surface area contributed by atoms with E-state index in [-0.39, 0.29) is 35.9 Å². The Bertz CT molecular complexity index is 1110. The summed E-state index contributed by atoms with van der Waals surface area (Å²) in [6.07, 6.45) is 4.51. The van der Waals surface area contributed by atoms with Gasteiger partial charge in [0.2, 0.25) is 0 Å². The number of aliphatic imine (C=N–C) groups is 1. The van der Waals surface area contributed by atoms with Gasteiger partial charge in [-0.3, -0.25) is 19.6 Å². The molecule has 0 fully saturated rings. The molecule has 11 heteroatoms. The first kappa shape index (κ1) is 27.5. The maximum Gasteiger partial charge on any atom is 0.280 e. The molecule has 0 atom stereocenters. The number of anilines is 2. The van der Waals surface area contributed by atoms with Crippen molar-refractivity contribution in [2.45, 2.75) is 34.1 Å². The van der Waals surface area contributed by atoms with Crippen LogP contribution in [0.3, 0.4) is 0 Å². The molecule has 35 heavy (non-hydrogen) atoms. The van der Waals surface area contributed by atoms with Crippen molar-refractivity contribution in [2.75, 3.05) is 37.1 Å². The molecule has 11 nitrogen and oxygen atoms in total. The number of pyridine rings is 2. The molecule has 0 aromatic carbocycles. The van der Waals surface area contributed by atoms with Gasteiger partial charge in [-0.2, -0.15) is 4.99 Å². The second-order valence-corrected chi connectivity index (χ2v) is 9.08. The molecule has 2 heterocycles. The van der Waals surface area contributed by atoms with Gasteiger partial charge in [-0.25, -0.2) is 5.84 Å². The highest BCUT2D eigenvalue weighted by Gasteiger charge is 2.22. The van der Waals surface area contributed by atoms with Gasteiger partial charge in [0, 0.05) is 43.2 Å². The maximum atomic E-state index is 12.6. The molecular formula is C24H34N8O3. The van der Waals surface area contributed by atoms with Gasteiger partial charge in [0.05, 0.1) is 47.9 Å². The third-order valence-corrected chi connectivity index (χ3v) is 5.09. The zero-order chi connectivity index (χ0) is 26.2. The molecule has 0 bridgehead atoms. The van der Waals surface area contributed by atoms with Crippen LogP contribution in [0.2, 0.25) is 0 Å². The molecule has 2 aromatic heterocycles. The Balaban J connectivity index is 2.14. The summed E-state index contributed by atoms with van der Waals surface area (Å²) >= 11 is 0. The maximum absolute atomic E-state index is 12.6. The van der Waals surface area contributed by atoms with Crippen LogP contribution in [0.4, 0.5) is 11.4 Å². The summed E-state index contributed by atoms with van der Waals surface area (Å²) in [5.41, 5.74) is 8.04. The number of rotatable bonds is 11. The normalized spacial score (nSPS) is 11.8. The quantitative estimate of drug-likeness (QED) is 0.123. The van der Waals surface area contributed by atoms with E-state index in [1.807, 2.05) is 0 Å². The molecule has 6 N–H and O–H groups in total. The topological polar surface area (TPSA) is 173 Å². The zero-order valence-electron chi connectivity index (χ0n) is 20.9.